The molecule has 3 N–H and O–H groups in total. The number of ether oxygens (including phenoxy) is 1. The Morgan fingerprint density at radius 1 is 0.971 bits per heavy atom. The molecule has 0 spiro atoms. The molecule has 172 valence electrons. The lowest BCUT2D eigenvalue weighted by Gasteiger charge is -2.15. The van der Waals surface area contributed by atoms with Crippen LogP contribution in [-0.2, 0) is 9.53 Å². The van der Waals surface area contributed by atoms with Crippen LogP contribution in [0, 0.1) is 5.82 Å². The van der Waals surface area contributed by atoms with Crippen molar-refractivity contribution in [3.8, 4) is 11.1 Å². The molecule has 0 atom stereocenters. The number of aliphatic carboxylic acids is 1. The summed E-state index contributed by atoms with van der Waals surface area (Å²) in [6.07, 6.45) is -0.143. The second-order valence-corrected chi connectivity index (χ2v) is 8.49. The highest BCUT2D eigenvalue weighted by Crippen LogP contribution is 2.44. The molecule has 3 aromatic carbocycles. The van der Waals surface area contributed by atoms with Crippen LogP contribution in [0.3, 0.4) is 0 Å². The van der Waals surface area contributed by atoms with E-state index in [1.165, 1.54) is 12.1 Å². The van der Waals surface area contributed by atoms with E-state index in [9.17, 15) is 23.9 Å². The van der Waals surface area contributed by atoms with E-state index in [2.05, 4.69) is 10.6 Å². The van der Waals surface area contributed by atoms with Crippen molar-refractivity contribution in [2.24, 2.45) is 0 Å². The second kappa shape index (κ2) is 8.30. The van der Waals surface area contributed by atoms with Gasteiger partial charge in [-0.1, -0.05) is 48.5 Å². The van der Waals surface area contributed by atoms with Crippen molar-refractivity contribution in [1.29, 1.82) is 0 Å². The summed E-state index contributed by atoms with van der Waals surface area (Å²) < 4.78 is 20.0. The molecule has 2 aliphatic rings. The molecule has 7 nitrogen and oxygen atoms in total. The Morgan fingerprint density at radius 2 is 1.59 bits per heavy atom. The standard InChI is InChI=1S/C26H21FN2O5/c27-22-13-15(9-10-20(22)23(30)29-26(11-12-26)24(31)32)28-25(33)34-14-21-18-7-3-1-5-16(18)17-6-2-4-8-19(17)21/h1-10,13,21H,11-12,14H2,(H,28,33)(H,29,30)(H,31,32). The lowest BCUT2D eigenvalue weighted by molar-refractivity contribution is -0.140. The van der Waals surface area contributed by atoms with Gasteiger partial charge in [0.05, 0.1) is 5.56 Å². The van der Waals surface area contributed by atoms with Gasteiger partial charge in [0.15, 0.2) is 0 Å². The van der Waals surface area contributed by atoms with E-state index in [0.717, 1.165) is 28.3 Å². The minimum Gasteiger partial charge on any atom is -0.480 e. The van der Waals surface area contributed by atoms with Crippen molar-refractivity contribution in [2.45, 2.75) is 24.3 Å². The Balaban J connectivity index is 1.23. The molecule has 0 unspecified atom stereocenters. The lowest BCUT2D eigenvalue weighted by atomic mass is 9.98. The summed E-state index contributed by atoms with van der Waals surface area (Å²) in [6.45, 7) is 0.111. The second-order valence-electron chi connectivity index (χ2n) is 8.49. The maximum absolute atomic E-state index is 14.5. The fourth-order valence-corrected chi connectivity index (χ4v) is 4.33. The summed E-state index contributed by atoms with van der Waals surface area (Å²) in [4.78, 5) is 35.9. The van der Waals surface area contributed by atoms with Gasteiger partial charge in [0.25, 0.3) is 5.91 Å². The third-order valence-corrected chi connectivity index (χ3v) is 6.32. The molecule has 3 aromatic rings. The van der Waals surface area contributed by atoms with Gasteiger partial charge in [0.2, 0.25) is 0 Å². The predicted molar refractivity (Wildman–Crippen MR) is 122 cm³/mol. The number of carboxylic acid groups (broad SMARTS) is 1. The molecule has 34 heavy (non-hydrogen) atoms. The average molecular weight is 460 g/mol. The highest BCUT2D eigenvalue weighted by molar-refractivity contribution is 5.99. The molecule has 0 radical (unpaired) electrons. The number of carbonyl (C=O) groups is 3. The number of hydrogen-bond donors (Lipinski definition) is 3. The summed E-state index contributed by atoms with van der Waals surface area (Å²) >= 11 is 0. The molecule has 0 heterocycles. The molecule has 1 fully saturated rings. The van der Waals surface area contributed by atoms with Gasteiger partial charge in [-0.15, -0.1) is 0 Å². The number of fused-ring (bicyclic) bond motifs is 3. The molecular formula is C26H21FN2O5. The van der Waals surface area contributed by atoms with Crippen molar-refractivity contribution in [3.63, 3.8) is 0 Å². The lowest BCUT2D eigenvalue weighted by Crippen LogP contribution is -2.43. The van der Waals surface area contributed by atoms with Crippen molar-refractivity contribution < 1.29 is 28.6 Å². The first-order valence-electron chi connectivity index (χ1n) is 10.9. The predicted octanol–water partition coefficient (Wildman–Crippen LogP) is 4.53. The van der Waals surface area contributed by atoms with E-state index in [-0.39, 0.29) is 23.8 Å². The number of carboxylic acids is 1. The fraction of sp³-hybridized carbons (Fsp3) is 0.192. The maximum Gasteiger partial charge on any atom is 0.411 e. The minimum atomic E-state index is -1.32. The summed E-state index contributed by atoms with van der Waals surface area (Å²) in [5.74, 6) is -2.94. The van der Waals surface area contributed by atoms with Gasteiger partial charge in [-0.3, -0.25) is 10.1 Å². The van der Waals surface area contributed by atoms with Gasteiger partial charge in [0.1, 0.15) is 18.0 Å². The normalized spacial score (nSPS) is 15.1. The van der Waals surface area contributed by atoms with E-state index >= 15 is 0 Å². The number of halogens is 1. The van der Waals surface area contributed by atoms with Crippen LogP contribution < -0.4 is 10.6 Å². The largest absolute Gasteiger partial charge is 0.480 e. The van der Waals surface area contributed by atoms with Gasteiger partial charge < -0.3 is 15.2 Å². The van der Waals surface area contributed by atoms with Gasteiger partial charge in [0, 0.05) is 11.6 Å². The van der Waals surface area contributed by atoms with Gasteiger partial charge >= 0.3 is 12.1 Å². The third kappa shape index (κ3) is 3.87. The maximum atomic E-state index is 14.5. The highest BCUT2D eigenvalue weighted by Gasteiger charge is 2.51. The van der Waals surface area contributed by atoms with Crippen molar-refractivity contribution in [2.75, 3.05) is 11.9 Å². The van der Waals surface area contributed by atoms with Crippen molar-refractivity contribution in [3.05, 3.63) is 89.2 Å². The molecular weight excluding hydrogens is 439 g/mol. The van der Waals surface area contributed by atoms with Crippen LogP contribution in [0.15, 0.2) is 66.7 Å². The molecule has 8 heteroatoms. The molecule has 0 saturated heterocycles. The number of rotatable bonds is 6. The Labute approximate surface area is 194 Å². The van der Waals surface area contributed by atoms with Crippen LogP contribution in [0.5, 0.6) is 0 Å². The van der Waals surface area contributed by atoms with E-state index in [1.807, 2.05) is 48.5 Å². The van der Waals surface area contributed by atoms with Gasteiger partial charge in [-0.25, -0.2) is 14.0 Å². The van der Waals surface area contributed by atoms with E-state index in [1.54, 1.807) is 0 Å². The van der Waals surface area contributed by atoms with Crippen LogP contribution in [0.2, 0.25) is 0 Å². The van der Waals surface area contributed by atoms with E-state index in [0.29, 0.717) is 12.8 Å². The molecule has 5 rings (SSSR count). The summed E-state index contributed by atoms with van der Waals surface area (Å²) in [5.41, 5.74) is 2.87. The number of carbonyl (C=O) groups excluding carboxylic acids is 2. The summed E-state index contributed by atoms with van der Waals surface area (Å²) in [7, 11) is 0. The van der Waals surface area contributed by atoms with Crippen molar-refractivity contribution in [1.82, 2.24) is 5.32 Å². The Morgan fingerprint density at radius 3 is 2.15 bits per heavy atom. The van der Waals surface area contributed by atoms with Crippen LogP contribution in [-0.4, -0.2) is 35.2 Å². The number of nitrogens with one attached hydrogen (secondary N) is 2. The molecule has 0 aromatic heterocycles. The number of benzene rings is 3. The van der Waals surface area contributed by atoms with Crippen LogP contribution in [0.4, 0.5) is 14.9 Å². The zero-order chi connectivity index (χ0) is 23.9. The average Bonchev–Trinajstić information content (AvgIpc) is 3.54. The number of anilines is 1. The Kier molecular flexibility index (Phi) is 5.28. The third-order valence-electron chi connectivity index (χ3n) is 6.32. The smallest absolute Gasteiger partial charge is 0.411 e. The number of hydrogen-bond acceptors (Lipinski definition) is 4. The first kappa shape index (κ1) is 21.6. The van der Waals surface area contributed by atoms with Crippen LogP contribution >= 0.6 is 0 Å². The van der Waals surface area contributed by atoms with E-state index in [4.69, 9.17) is 4.74 Å². The molecule has 1 saturated carbocycles. The topological polar surface area (TPSA) is 105 Å². The monoisotopic (exact) mass is 460 g/mol. The first-order chi connectivity index (χ1) is 16.4. The highest BCUT2D eigenvalue weighted by atomic mass is 19.1. The molecule has 2 amide bonds. The van der Waals surface area contributed by atoms with Crippen LogP contribution in [0.25, 0.3) is 11.1 Å². The summed E-state index contributed by atoms with van der Waals surface area (Å²) in [5, 5.41) is 14.0. The van der Waals surface area contributed by atoms with Crippen LogP contribution in [0.1, 0.15) is 40.2 Å². The zero-order valence-electron chi connectivity index (χ0n) is 18.0. The van der Waals surface area contributed by atoms with Gasteiger partial charge in [-0.2, -0.15) is 0 Å². The Hall–Kier alpha value is -4.20. The van der Waals surface area contributed by atoms with Crippen molar-refractivity contribution >= 4 is 23.7 Å². The summed E-state index contributed by atoms with van der Waals surface area (Å²) in [6, 6.07) is 19.5. The van der Waals surface area contributed by atoms with Gasteiger partial charge in [-0.05, 0) is 53.3 Å². The quantitative estimate of drug-likeness (QED) is 0.501. The number of amides is 2. The Bertz CT molecular complexity index is 1270. The zero-order valence-corrected chi connectivity index (χ0v) is 18.0. The first-order valence-corrected chi connectivity index (χ1v) is 10.9. The SMILES string of the molecule is O=C(Nc1ccc(C(=O)NC2(C(=O)O)CC2)c(F)c1)OCC1c2ccccc2-c2ccccc21. The minimum absolute atomic E-state index is 0.107. The fourth-order valence-electron chi connectivity index (χ4n) is 4.33. The molecule has 0 bridgehead atoms. The molecule has 0 aliphatic heterocycles. The molecule has 2 aliphatic carbocycles. The van der Waals surface area contributed by atoms with E-state index < -0.39 is 29.3 Å².